The first-order valence-corrected chi connectivity index (χ1v) is 5.71. The lowest BCUT2D eigenvalue weighted by atomic mass is 10.2. The Balaban J connectivity index is 2.68. The van der Waals surface area contributed by atoms with Gasteiger partial charge < -0.3 is 4.74 Å². The fraction of sp³-hybridized carbons (Fsp3) is 0.200. The van der Waals surface area contributed by atoms with Crippen LogP contribution in [0.25, 0.3) is 0 Å². The van der Waals surface area contributed by atoms with Crippen LogP contribution in [0.5, 0.6) is 5.75 Å². The fourth-order valence-corrected chi connectivity index (χ4v) is 1.79. The lowest BCUT2D eigenvalue weighted by Crippen LogP contribution is -2.17. The molecule has 1 aromatic carbocycles. The Morgan fingerprint density at radius 3 is 2.41 bits per heavy atom. The van der Waals surface area contributed by atoms with Crippen molar-refractivity contribution >= 4 is 28.2 Å². The van der Waals surface area contributed by atoms with Crippen LogP contribution in [0.15, 0.2) is 24.3 Å². The molecule has 0 fully saturated rings. The zero-order chi connectivity index (χ0) is 12.9. The van der Waals surface area contributed by atoms with Gasteiger partial charge in [-0.2, -0.15) is 5.26 Å². The number of alkyl halides is 3. The van der Waals surface area contributed by atoms with Crippen LogP contribution in [-0.4, -0.2) is 16.3 Å². The third-order valence-corrected chi connectivity index (χ3v) is 2.95. The fourth-order valence-electron chi connectivity index (χ4n) is 0.974. The molecular formula is C10H6F3NOS2. The Hall–Kier alpha value is -1.26. The maximum absolute atomic E-state index is 11.9. The van der Waals surface area contributed by atoms with Gasteiger partial charge >= 0.3 is 6.36 Å². The van der Waals surface area contributed by atoms with E-state index in [1.165, 1.54) is 24.3 Å². The molecule has 0 aliphatic carbocycles. The summed E-state index contributed by atoms with van der Waals surface area (Å²) in [5.74, 6) is -0.0889. The van der Waals surface area contributed by atoms with Gasteiger partial charge in [0.2, 0.25) is 0 Å². The predicted molar refractivity (Wildman–Crippen MR) is 62.9 cm³/mol. The van der Waals surface area contributed by atoms with Crippen molar-refractivity contribution in [3.8, 4) is 11.8 Å². The summed E-state index contributed by atoms with van der Waals surface area (Å²) in [6.45, 7) is 0. The van der Waals surface area contributed by atoms with Gasteiger partial charge in [0.25, 0.3) is 0 Å². The number of thiocarbonyl (C=S) groups is 1. The van der Waals surface area contributed by atoms with Gasteiger partial charge in [0.1, 0.15) is 5.75 Å². The smallest absolute Gasteiger partial charge is 0.406 e. The van der Waals surface area contributed by atoms with E-state index in [1.54, 1.807) is 0 Å². The number of ether oxygens (including phenoxy) is 1. The number of thioether (sulfide) groups is 1. The summed E-state index contributed by atoms with van der Waals surface area (Å²) in [4.78, 5) is 0. The van der Waals surface area contributed by atoms with Gasteiger partial charge in [-0.15, -0.1) is 13.2 Å². The van der Waals surface area contributed by atoms with Crippen LogP contribution < -0.4 is 4.74 Å². The average Bonchev–Trinajstić information content (AvgIpc) is 2.24. The zero-order valence-electron chi connectivity index (χ0n) is 8.32. The van der Waals surface area contributed by atoms with Gasteiger partial charge in [-0.3, -0.25) is 0 Å². The molecule has 0 saturated carbocycles. The largest absolute Gasteiger partial charge is 0.573 e. The summed E-state index contributed by atoms with van der Waals surface area (Å²) in [6, 6.07) is 7.13. The van der Waals surface area contributed by atoms with Crippen molar-refractivity contribution in [3.63, 3.8) is 0 Å². The highest BCUT2D eigenvalue weighted by Crippen LogP contribution is 2.24. The van der Waals surface area contributed by atoms with E-state index >= 15 is 0 Å². The second kappa shape index (κ2) is 5.89. The van der Waals surface area contributed by atoms with Crippen LogP contribution in [0.3, 0.4) is 0 Å². The first kappa shape index (κ1) is 13.8. The van der Waals surface area contributed by atoms with Gasteiger partial charge in [-0.05, 0) is 29.8 Å². The zero-order valence-corrected chi connectivity index (χ0v) is 9.96. The van der Waals surface area contributed by atoms with Crippen molar-refractivity contribution in [2.24, 2.45) is 0 Å². The lowest BCUT2D eigenvalue weighted by Gasteiger charge is -2.09. The van der Waals surface area contributed by atoms with Crippen molar-refractivity contribution < 1.29 is 17.9 Å². The summed E-state index contributed by atoms with van der Waals surface area (Å²) in [7, 11) is 0. The van der Waals surface area contributed by atoms with Crippen molar-refractivity contribution in [1.29, 1.82) is 5.26 Å². The molecule has 0 bridgehead atoms. The Morgan fingerprint density at radius 2 is 1.94 bits per heavy atom. The Bertz CT molecular complexity index is 436. The molecular weight excluding hydrogens is 271 g/mol. The topological polar surface area (TPSA) is 33.0 Å². The summed E-state index contributed by atoms with van der Waals surface area (Å²) >= 11 is 6.14. The minimum absolute atomic E-state index is 0.208. The molecule has 7 heteroatoms. The number of rotatable bonds is 3. The SMILES string of the molecule is N#CCSC(=S)c1ccc(OC(F)(F)F)cc1. The third-order valence-electron chi connectivity index (χ3n) is 1.59. The maximum Gasteiger partial charge on any atom is 0.573 e. The highest BCUT2D eigenvalue weighted by atomic mass is 32.2. The van der Waals surface area contributed by atoms with Crippen LogP contribution in [0.1, 0.15) is 5.56 Å². The molecule has 0 N–H and O–H groups in total. The van der Waals surface area contributed by atoms with E-state index in [0.717, 1.165) is 11.8 Å². The van der Waals surface area contributed by atoms with Gasteiger partial charge in [0, 0.05) is 0 Å². The first-order valence-electron chi connectivity index (χ1n) is 4.32. The lowest BCUT2D eigenvalue weighted by molar-refractivity contribution is -0.274. The number of nitrogens with zero attached hydrogens (tertiary/aromatic N) is 1. The third kappa shape index (κ3) is 5.06. The van der Waals surface area contributed by atoms with Gasteiger partial charge in [0.05, 0.1) is 16.0 Å². The second-order valence-electron chi connectivity index (χ2n) is 2.81. The van der Waals surface area contributed by atoms with E-state index in [-0.39, 0.29) is 11.5 Å². The second-order valence-corrected chi connectivity index (χ2v) is 4.46. The monoisotopic (exact) mass is 277 g/mol. The van der Waals surface area contributed by atoms with Crippen LogP contribution in [0.2, 0.25) is 0 Å². The minimum atomic E-state index is -4.70. The molecule has 1 rings (SSSR count). The molecule has 0 atom stereocenters. The number of benzene rings is 1. The molecule has 2 nitrogen and oxygen atoms in total. The summed E-state index contributed by atoms with van der Waals surface area (Å²) in [5, 5.41) is 8.36. The summed E-state index contributed by atoms with van der Waals surface area (Å²) in [5.41, 5.74) is 0.592. The molecule has 0 aliphatic rings. The minimum Gasteiger partial charge on any atom is -0.406 e. The highest BCUT2D eigenvalue weighted by molar-refractivity contribution is 8.23. The molecule has 0 spiro atoms. The van der Waals surface area contributed by atoms with Crippen LogP contribution in [0.4, 0.5) is 13.2 Å². The molecule has 0 unspecified atom stereocenters. The van der Waals surface area contributed by atoms with Crippen molar-refractivity contribution in [2.75, 3.05) is 5.75 Å². The van der Waals surface area contributed by atoms with E-state index in [9.17, 15) is 13.2 Å². The molecule has 0 aromatic heterocycles. The molecule has 0 aliphatic heterocycles. The Labute approximate surface area is 105 Å². The van der Waals surface area contributed by atoms with E-state index in [1.807, 2.05) is 6.07 Å². The molecule has 1 aromatic rings. The molecule has 0 saturated heterocycles. The van der Waals surface area contributed by atoms with Crippen LogP contribution >= 0.6 is 24.0 Å². The Kier molecular flexibility index (Phi) is 4.78. The molecule has 90 valence electrons. The molecule has 0 radical (unpaired) electrons. The van der Waals surface area contributed by atoms with Gasteiger partial charge in [-0.1, -0.05) is 24.0 Å². The van der Waals surface area contributed by atoms with Crippen molar-refractivity contribution in [1.82, 2.24) is 0 Å². The van der Waals surface area contributed by atoms with E-state index in [4.69, 9.17) is 17.5 Å². The molecule has 0 amide bonds. The van der Waals surface area contributed by atoms with Crippen LogP contribution in [0, 0.1) is 11.3 Å². The van der Waals surface area contributed by atoms with E-state index < -0.39 is 6.36 Å². The number of nitriles is 1. The Morgan fingerprint density at radius 1 is 1.35 bits per heavy atom. The summed E-state index contributed by atoms with van der Waals surface area (Å²) in [6.07, 6.45) is -4.70. The maximum atomic E-state index is 11.9. The predicted octanol–water partition coefficient (Wildman–Crippen LogP) is 3.52. The van der Waals surface area contributed by atoms with E-state index in [2.05, 4.69) is 4.74 Å². The normalized spacial score (nSPS) is 10.7. The first-order chi connectivity index (χ1) is 7.92. The quantitative estimate of drug-likeness (QED) is 0.791. The number of halogens is 3. The average molecular weight is 277 g/mol. The standard InChI is InChI=1S/C10H6F3NOS2/c11-10(12,13)15-8-3-1-7(2-4-8)9(16)17-6-5-14/h1-4H,6H2. The van der Waals surface area contributed by atoms with Gasteiger partial charge in [0.15, 0.2) is 0 Å². The van der Waals surface area contributed by atoms with Crippen molar-refractivity contribution in [2.45, 2.75) is 6.36 Å². The highest BCUT2D eigenvalue weighted by Gasteiger charge is 2.30. The van der Waals surface area contributed by atoms with Crippen LogP contribution in [-0.2, 0) is 0 Å². The molecule has 0 heterocycles. The number of hydrogen-bond acceptors (Lipinski definition) is 4. The van der Waals surface area contributed by atoms with E-state index in [0.29, 0.717) is 9.76 Å². The van der Waals surface area contributed by atoms with Gasteiger partial charge in [-0.25, -0.2) is 0 Å². The molecule has 17 heavy (non-hydrogen) atoms. The number of hydrogen-bond donors (Lipinski definition) is 0. The van der Waals surface area contributed by atoms with Crippen molar-refractivity contribution in [3.05, 3.63) is 29.8 Å². The summed E-state index contributed by atoms with van der Waals surface area (Å²) < 4.78 is 39.8.